The number of aliphatic hydroxyl groups excluding tert-OH is 1. The van der Waals surface area contributed by atoms with Crippen molar-refractivity contribution in [1.29, 1.82) is 0 Å². The molecule has 0 aliphatic heterocycles. The van der Waals surface area contributed by atoms with Gasteiger partial charge in [0.05, 0.1) is 16.8 Å². The number of benzene rings is 2. The summed E-state index contributed by atoms with van der Waals surface area (Å²) in [6.07, 6.45) is 0.269. The lowest BCUT2D eigenvalue weighted by Gasteiger charge is -2.10. The smallest absolute Gasteiger partial charge is 0.178 e. The molecule has 2 rings (SSSR count). The Morgan fingerprint density at radius 2 is 1.45 bits per heavy atom. The molecule has 0 amide bonds. The average Bonchev–Trinajstić information content (AvgIpc) is 2.49. The molecule has 3 nitrogen and oxygen atoms in total. The van der Waals surface area contributed by atoms with Crippen LogP contribution in [0.3, 0.4) is 0 Å². The van der Waals surface area contributed by atoms with E-state index in [0.29, 0.717) is 17.7 Å². The molecular formula is C16H18O3S. The average molecular weight is 290 g/mol. The SMILES string of the molecule is O=S(=O)(CCCC(O)c1ccccc1)c1ccccc1. The summed E-state index contributed by atoms with van der Waals surface area (Å²) in [7, 11) is -3.25. The maximum Gasteiger partial charge on any atom is 0.178 e. The van der Waals surface area contributed by atoms with Gasteiger partial charge in [-0.1, -0.05) is 48.5 Å². The van der Waals surface area contributed by atoms with Crippen LogP contribution in [-0.4, -0.2) is 19.3 Å². The highest BCUT2D eigenvalue weighted by Gasteiger charge is 2.15. The number of hydrogen-bond acceptors (Lipinski definition) is 3. The fourth-order valence-corrected chi connectivity index (χ4v) is 3.41. The maximum absolute atomic E-state index is 12.1. The fourth-order valence-electron chi connectivity index (χ4n) is 2.05. The van der Waals surface area contributed by atoms with Gasteiger partial charge in [0.1, 0.15) is 0 Å². The summed E-state index contributed by atoms with van der Waals surface area (Å²) < 4.78 is 24.1. The van der Waals surface area contributed by atoms with Crippen LogP contribution in [0, 0.1) is 0 Å². The molecule has 0 bridgehead atoms. The van der Waals surface area contributed by atoms with E-state index in [1.807, 2.05) is 30.3 Å². The first-order valence-corrected chi connectivity index (χ1v) is 8.25. The van der Waals surface area contributed by atoms with Crippen molar-refractivity contribution in [2.24, 2.45) is 0 Å². The zero-order chi connectivity index (χ0) is 14.4. The van der Waals surface area contributed by atoms with E-state index in [1.165, 1.54) is 0 Å². The Bertz CT molecular complexity index is 621. The summed E-state index contributed by atoms with van der Waals surface area (Å²) in [5.41, 5.74) is 0.824. The second kappa shape index (κ2) is 6.68. The van der Waals surface area contributed by atoms with E-state index in [1.54, 1.807) is 30.3 Å². The summed E-state index contributed by atoms with van der Waals surface area (Å²) in [5.74, 6) is 0.0565. The van der Waals surface area contributed by atoms with Gasteiger partial charge in [-0.3, -0.25) is 0 Å². The molecule has 0 saturated carbocycles. The molecule has 2 aromatic carbocycles. The molecule has 20 heavy (non-hydrogen) atoms. The molecule has 0 heterocycles. The highest BCUT2D eigenvalue weighted by Crippen LogP contribution is 2.19. The first-order chi connectivity index (χ1) is 9.59. The molecule has 1 N–H and O–H groups in total. The molecule has 0 radical (unpaired) electrons. The van der Waals surface area contributed by atoms with E-state index in [4.69, 9.17) is 0 Å². The number of sulfone groups is 1. The van der Waals surface area contributed by atoms with E-state index in [-0.39, 0.29) is 5.75 Å². The Hall–Kier alpha value is -1.65. The molecule has 0 spiro atoms. The van der Waals surface area contributed by atoms with E-state index in [0.717, 1.165) is 5.56 Å². The van der Waals surface area contributed by atoms with Crippen LogP contribution < -0.4 is 0 Å². The van der Waals surface area contributed by atoms with Gasteiger partial charge >= 0.3 is 0 Å². The third-order valence-electron chi connectivity index (χ3n) is 3.18. The molecular weight excluding hydrogens is 272 g/mol. The van der Waals surface area contributed by atoms with E-state index in [2.05, 4.69) is 0 Å². The summed E-state index contributed by atoms with van der Waals surface area (Å²) in [4.78, 5) is 0.342. The topological polar surface area (TPSA) is 54.4 Å². The Kier molecular flexibility index (Phi) is 4.93. The summed E-state index contributed by atoms with van der Waals surface area (Å²) in [6.45, 7) is 0. The van der Waals surface area contributed by atoms with Gasteiger partial charge in [-0.25, -0.2) is 8.42 Å². The van der Waals surface area contributed by atoms with E-state index in [9.17, 15) is 13.5 Å². The third kappa shape index (κ3) is 3.92. The minimum Gasteiger partial charge on any atom is -0.388 e. The molecule has 1 unspecified atom stereocenters. The molecule has 1 atom stereocenters. The van der Waals surface area contributed by atoms with Crippen molar-refractivity contribution in [3.8, 4) is 0 Å². The van der Waals surface area contributed by atoms with Crippen molar-refractivity contribution in [1.82, 2.24) is 0 Å². The number of aliphatic hydroxyl groups is 1. The van der Waals surface area contributed by atoms with Crippen LogP contribution >= 0.6 is 0 Å². The van der Waals surface area contributed by atoms with Crippen molar-refractivity contribution in [3.63, 3.8) is 0 Å². The molecule has 4 heteroatoms. The van der Waals surface area contributed by atoms with Gasteiger partial charge in [-0.15, -0.1) is 0 Å². The quantitative estimate of drug-likeness (QED) is 0.890. The van der Waals surface area contributed by atoms with Crippen molar-refractivity contribution < 1.29 is 13.5 Å². The molecule has 2 aromatic rings. The predicted molar refractivity (Wildman–Crippen MR) is 79.1 cm³/mol. The first-order valence-electron chi connectivity index (χ1n) is 6.60. The predicted octanol–water partition coefficient (Wildman–Crippen LogP) is 2.97. The molecule has 0 fully saturated rings. The Morgan fingerprint density at radius 1 is 0.900 bits per heavy atom. The van der Waals surface area contributed by atoms with Gasteiger partial charge in [0.2, 0.25) is 0 Å². The monoisotopic (exact) mass is 290 g/mol. The summed E-state index contributed by atoms with van der Waals surface area (Å²) in [6, 6.07) is 17.7. The van der Waals surface area contributed by atoms with Gasteiger partial charge in [0.15, 0.2) is 9.84 Å². The first kappa shape index (κ1) is 14.8. The zero-order valence-electron chi connectivity index (χ0n) is 11.1. The molecule has 0 aliphatic rings. The van der Waals surface area contributed by atoms with Crippen LogP contribution in [0.4, 0.5) is 0 Å². The fraction of sp³-hybridized carbons (Fsp3) is 0.250. The van der Waals surface area contributed by atoms with Crippen molar-refractivity contribution in [3.05, 3.63) is 66.2 Å². The molecule has 0 aliphatic carbocycles. The Balaban J connectivity index is 1.90. The van der Waals surface area contributed by atoms with Crippen LogP contribution in [0.25, 0.3) is 0 Å². The molecule has 0 aromatic heterocycles. The molecule has 0 saturated heterocycles. The second-order valence-corrected chi connectivity index (χ2v) is 6.81. The zero-order valence-corrected chi connectivity index (χ0v) is 12.0. The van der Waals surface area contributed by atoms with Crippen molar-refractivity contribution in [2.75, 3.05) is 5.75 Å². The minimum atomic E-state index is -3.25. The van der Waals surface area contributed by atoms with Gasteiger partial charge < -0.3 is 5.11 Å². The lowest BCUT2D eigenvalue weighted by atomic mass is 10.1. The van der Waals surface area contributed by atoms with Crippen molar-refractivity contribution >= 4 is 9.84 Å². The van der Waals surface area contributed by atoms with Gasteiger partial charge in [0, 0.05) is 0 Å². The van der Waals surface area contributed by atoms with Gasteiger partial charge in [0.25, 0.3) is 0 Å². The minimum absolute atomic E-state index is 0.0565. The van der Waals surface area contributed by atoms with Crippen LogP contribution in [0.15, 0.2) is 65.6 Å². The van der Waals surface area contributed by atoms with E-state index >= 15 is 0 Å². The molecule has 106 valence electrons. The van der Waals surface area contributed by atoms with Crippen LogP contribution in [-0.2, 0) is 9.84 Å². The van der Waals surface area contributed by atoms with Gasteiger partial charge in [-0.05, 0) is 30.5 Å². The summed E-state index contributed by atoms with van der Waals surface area (Å²) >= 11 is 0. The second-order valence-electron chi connectivity index (χ2n) is 4.70. The number of rotatable bonds is 6. The lowest BCUT2D eigenvalue weighted by molar-refractivity contribution is 0.166. The highest BCUT2D eigenvalue weighted by atomic mass is 32.2. The number of hydrogen-bond donors (Lipinski definition) is 1. The van der Waals surface area contributed by atoms with Crippen LogP contribution in [0.1, 0.15) is 24.5 Å². The van der Waals surface area contributed by atoms with Crippen molar-refractivity contribution in [2.45, 2.75) is 23.8 Å². The Labute approximate surface area is 119 Å². The Morgan fingerprint density at radius 3 is 2.05 bits per heavy atom. The lowest BCUT2D eigenvalue weighted by Crippen LogP contribution is -2.08. The normalized spacial score (nSPS) is 13.1. The summed E-state index contributed by atoms with van der Waals surface area (Å²) in [5, 5.41) is 9.99. The third-order valence-corrected chi connectivity index (χ3v) is 4.99. The van der Waals surface area contributed by atoms with E-state index < -0.39 is 15.9 Å². The van der Waals surface area contributed by atoms with Crippen LogP contribution in [0.2, 0.25) is 0 Å². The maximum atomic E-state index is 12.1. The van der Waals surface area contributed by atoms with Crippen LogP contribution in [0.5, 0.6) is 0 Å². The standard InChI is InChI=1S/C16H18O3S/c17-16(14-8-3-1-4-9-14)12-7-13-20(18,19)15-10-5-2-6-11-15/h1-6,8-11,16-17H,7,12-13H2. The largest absolute Gasteiger partial charge is 0.388 e. The highest BCUT2D eigenvalue weighted by molar-refractivity contribution is 7.91. The van der Waals surface area contributed by atoms with Gasteiger partial charge in [-0.2, -0.15) is 0 Å².